The molecule has 1 aliphatic rings. The second-order valence-corrected chi connectivity index (χ2v) is 10.6. The molecule has 2 aromatic rings. The van der Waals surface area contributed by atoms with E-state index in [1.807, 2.05) is 12.3 Å². The maximum Gasteiger partial charge on any atom is 0.243 e. The lowest BCUT2D eigenvalue weighted by atomic mass is 10.3. The number of sulfonamides is 2. The van der Waals surface area contributed by atoms with Gasteiger partial charge in [0.05, 0.1) is 20.5 Å². The number of aromatic nitrogens is 1. The molecule has 2 heterocycles. The molecule has 0 aliphatic carbocycles. The summed E-state index contributed by atoms with van der Waals surface area (Å²) < 4.78 is 49.9. The van der Waals surface area contributed by atoms with Crippen LogP contribution in [0.25, 0.3) is 0 Å². The molecule has 142 valence electrons. The van der Waals surface area contributed by atoms with Crippen LogP contribution < -0.4 is 5.14 Å². The van der Waals surface area contributed by atoms with Gasteiger partial charge in [-0.1, -0.05) is 6.07 Å². The van der Waals surface area contributed by atoms with Gasteiger partial charge in [0.25, 0.3) is 0 Å². The maximum absolute atomic E-state index is 12.8. The predicted octanol–water partition coefficient (Wildman–Crippen LogP) is 0.605. The van der Waals surface area contributed by atoms with Gasteiger partial charge in [-0.25, -0.2) is 27.0 Å². The quantitative estimate of drug-likeness (QED) is 0.764. The molecule has 1 aromatic heterocycles. The van der Waals surface area contributed by atoms with E-state index < -0.39 is 20.0 Å². The SMILES string of the molecule is Cc1nc(CN2CCN(S(=O)(=O)c3cccc(S(N)(=O)=O)c3)CC2)cs1. The molecule has 26 heavy (non-hydrogen) atoms. The summed E-state index contributed by atoms with van der Waals surface area (Å²) in [5, 5.41) is 8.11. The van der Waals surface area contributed by atoms with Crippen molar-refractivity contribution in [3.8, 4) is 0 Å². The molecule has 0 bridgehead atoms. The lowest BCUT2D eigenvalue weighted by Gasteiger charge is -2.33. The van der Waals surface area contributed by atoms with Gasteiger partial charge in [-0.3, -0.25) is 4.90 Å². The first-order chi connectivity index (χ1) is 12.2. The molecule has 0 unspecified atom stereocenters. The lowest BCUT2D eigenvalue weighted by Crippen LogP contribution is -2.48. The second-order valence-electron chi connectivity index (χ2n) is 6.06. The summed E-state index contributed by atoms with van der Waals surface area (Å²) in [7, 11) is -7.72. The fourth-order valence-corrected chi connectivity index (χ4v) is 5.51. The van der Waals surface area contributed by atoms with Gasteiger partial charge in [0.1, 0.15) is 0 Å². The van der Waals surface area contributed by atoms with Gasteiger partial charge in [-0.05, 0) is 25.1 Å². The Balaban J connectivity index is 1.70. The van der Waals surface area contributed by atoms with Crippen molar-refractivity contribution in [3.05, 3.63) is 40.3 Å². The van der Waals surface area contributed by atoms with Gasteiger partial charge in [-0.2, -0.15) is 4.31 Å². The van der Waals surface area contributed by atoms with Crippen LogP contribution in [0.1, 0.15) is 10.7 Å². The minimum atomic E-state index is -3.95. The molecule has 3 rings (SSSR count). The van der Waals surface area contributed by atoms with Crippen molar-refractivity contribution in [2.45, 2.75) is 23.3 Å². The van der Waals surface area contributed by atoms with E-state index in [0.29, 0.717) is 32.7 Å². The number of aryl methyl sites for hydroxylation is 1. The molecule has 0 radical (unpaired) electrons. The van der Waals surface area contributed by atoms with Crippen molar-refractivity contribution >= 4 is 31.4 Å². The highest BCUT2D eigenvalue weighted by Gasteiger charge is 2.29. The van der Waals surface area contributed by atoms with Gasteiger partial charge in [0.2, 0.25) is 20.0 Å². The van der Waals surface area contributed by atoms with E-state index in [-0.39, 0.29) is 9.79 Å². The van der Waals surface area contributed by atoms with Gasteiger partial charge < -0.3 is 0 Å². The molecule has 1 fully saturated rings. The summed E-state index contributed by atoms with van der Waals surface area (Å²) in [5.41, 5.74) is 0.990. The van der Waals surface area contributed by atoms with E-state index in [4.69, 9.17) is 5.14 Å². The number of hydrogen-bond acceptors (Lipinski definition) is 7. The van der Waals surface area contributed by atoms with Gasteiger partial charge >= 0.3 is 0 Å². The molecule has 8 nitrogen and oxygen atoms in total. The summed E-state index contributed by atoms with van der Waals surface area (Å²) in [6.45, 7) is 4.50. The summed E-state index contributed by atoms with van der Waals surface area (Å²) in [6, 6.07) is 5.15. The van der Waals surface area contributed by atoms with Crippen LogP contribution in [0.3, 0.4) is 0 Å². The Morgan fingerprint density at radius 3 is 2.35 bits per heavy atom. The van der Waals surface area contributed by atoms with E-state index in [1.54, 1.807) is 11.3 Å². The first kappa shape index (κ1) is 19.4. The van der Waals surface area contributed by atoms with Crippen LogP contribution in [0.5, 0.6) is 0 Å². The van der Waals surface area contributed by atoms with E-state index in [0.717, 1.165) is 16.8 Å². The van der Waals surface area contributed by atoms with Crippen LogP contribution in [0.4, 0.5) is 0 Å². The van der Waals surface area contributed by atoms with E-state index in [9.17, 15) is 16.8 Å². The summed E-state index contributed by atoms with van der Waals surface area (Å²) >= 11 is 1.59. The van der Waals surface area contributed by atoms with Crippen LogP contribution in [0, 0.1) is 6.92 Å². The summed E-state index contributed by atoms with van der Waals surface area (Å²) in [6.07, 6.45) is 0. The highest BCUT2D eigenvalue weighted by molar-refractivity contribution is 7.90. The zero-order valence-corrected chi connectivity index (χ0v) is 16.6. The minimum Gasteiger partial charge on any atom is -0.295 e. The van der Waals surface area contributed by atoms with Gasteiger partial charge in [0.15, 0.2) is 0 Å². The predicted molar refractivity (Wildman–Crippen MR) is 98.7 cm³/mol. The molecule has 0 amide bonds. The van der Waals surface area contributed by atoms with Crippen molar-refractivity contribution < 1.29 is 16.8 Å². The van der Waals surface area contributed by atoms with Crippen molar-refractivity contribution in [2.24, 2.45) is 5.14 Å². The number of nitrogens with two attached hydrogens (primary N) is 1. The normalized spacial score (nSPS) is 17.5. The standard InChI is InChI=1S/C15H20N4O4S3/c1-12-17-13(11-24-12)10-18-5-7-19(8-6-18)26(22,23)15-4-2-3-14(9-15)25(16,20)21/h2-4,9,11H,5-8,10H2,1H3,(H2,16,20,21). The molecular formula is C15H20N4O4S3. The molecule has 1 aliphatic heterocycles. The van der Waals surface area contributed by atoms with E-state index >= 15 is 0 Å². The Hall–Kier alpha value is -1.37. The molecular weight excluding hydrogens is 396 g/mol. The number of nitrogens with zero attached hydrogens (tertiary/aromatic N) is 3. The monoisotopic (exact) mass is 416 g/mol. The molecule has 1 saturated heterocycles. The second kappa shape index (κ2) is 7.33. The van der Waals surface area contributed by atoms with Crippen LogP contribution in [-0.2, 0) is 26.6 Å². The first-order valence-corrected chi connectivity index (χ1v) is 11.8. The summed E-state index contributed by atoms with van der Waals surface area (Å²) in [5.74, 6) is 0. The minimum absolute atomic E-state index is 0.0624. The number of hydrogen-bond donors (Lipinski definition) is 1. The maximum atomic E-state index is 12.8. The fraction of sp³-hybridized carbons (Fsp3) is 0.400. The van der Waals surface area contributed by atoms with Crippen LogP contribution in [0.15, 0.2) is 39.4 Å². The van der Waals surface area contributed by atoms with Crippen molar-refractivity contribution in [2.75, 3.05) is 26.2 Å². The highest BCUT2D eigenvalue weighted by atomic mass is 32.2. The van der Waals surface area contributed by atoms with Gasteiger partial charge in [-0.15, -0.1) is 11.3 Å². The van der Waals surface area contributed by atoms with Crippen LogP contribution in [-0.4, -0.2) is 57.2 Å². The zero-order chi connectivity index (χ0) is 18.9. The Morgan fingerprint density at radius 1 is 1.12 bits per heavy atom. The highest BCUT2D eigenvalue weighted by Crippen LogP contribution is 2.21. The molecule has 0 spiro atoms. The zero-order valence-electron chi connectivity index (χ0n) is 14.2. The number of primary sulfonamides is 1. The summed E-state index contributed by atoms with van der Waals surface area (Å²) in [4.78, 5) is 6.31. The number of rotatable bonds is 5. The number of thiazole rings is 1. The van der Waals surface area contributed by atoms with Crippen molar-refractivity contribution in [3.63, 3.8) is 0 Å². The lowest BCUT2D eigenvalue weighted by molar-refractivity contribution is 0.180. The smallest absolute Gasteiger partial charge is 0.243 e. The number of benzene rings is 1. The molecule has 2 N–H and O–H groups in total. The fourth-order valence-electron chi connectivity index (χ4n) is 2.80. The van der Waals surface area contributed by atoms with Crippen LogP contribution in [0.2, 0.25) is 0 Å². The third-order valence-electron chi connectivity index (χ3n) is 4.16. The van der Waals surface area contributed by atoms with E-state index in [1.165, 1.54) is 22.5 Å². The Morgan fingerprint density at radius 2 is 1.77 bits per heavy atom. The molecule has 0 atom stereocenters. The molecule has 0 saturated carbocycles. The third-order valence-corrected chi connectivity index (χ3v) is 7.78. The van der Waals surface area contributed by atoms with Crippen LogP contribution >= 0.6 is 11.3 Å². The van der Waals surface area contributed by atoms with E-state index in [2.05, 4.69) is 9.88 Å². The van der Waals surface area contributed by atoms with Crippen molar-refractivity contribution in [1.29, 1.82) is 0 Å². The largest absolute Gasteiger partial charge is 0.295 e. The number of piperazine rings is 1. The molecule has 1 aromatic carbocycles. The first-order valence-electron chi connectivity index (χ1n) is 7.92. The third kappa shape index (κ3) is 4.30. The average molecular weight is 417 g/mol. The topological polar surface area (TPSA) is 114 Å². The van der Waals surface area contributed by atoms with Gasteiger partial charge in [0, 0.05) is 38.1 Å². The molecule has 11 heteroatoms. The van der Waals surface area contributed by atoms with Crippen molar-refractivity contribution in [1.82, 2.24) is 14.2 Å². The Labute approximate surface area is 157 Å². The Kier molecular flexibility index (Phi) is 5.47. The Bertz CT molecular complexity index is 993. The average Bonchev–Trinajstić information content (AvgIpc) is 2.99.